The highest BCUT2D eigenvalue weighted by atomic mass is 32.2. The summed E-state index contributed by atoms with van der Waals surface area (Å²) in [6.45, 7) is 4.28. The van der Waals surface area contributed by atoms with Crippen LogP contribution in [0.25, 0.3) is 0 Å². The number of hydrogen-bond donors (Lipinski definition) is 2. The monoisotopic (exact) mass is 379 g/mol. The molecule has 2 N–H and O–H groups in total. The van der Waals surface area contributed by atoms with E-state index in [4.69, 9.17) is 0 Å². The van der Waals surface area contributed by atoms with Gasteiger partial charge in [-0.1, -0.05) is 19.9 Å². The van der Waals surface area contributed by atoms with Gasteiger partial charge >= 0.3 is 0 Å². The van der Waals surface area contributed by atoms with Crippen molar-refractivity contribution in [2.24, 2.45) is 0 Å². The summed E-state index contributed by atoms with van der Waals surface area (Å²) in [4.78, 5) is 12.1. The Labute approximate surface area is 153 Å². The van der Waals surface area contributed by atoms with Gasteiger partial charge in [-0.05, 0) is 42.5 Å². The second-order valence-corrected chi connectivity index (χ2v) is 7.46. The average molecular weight is 379 g/mol. The van der Waals surface area contributed by atoms with E-state index in [9.17, 15) is 17.6 Å². The lowest BCUT2D eigenvalue weighted by atomic mass is 10.3. The standard InChI is InChI=1S/C18H22FN3O3S/c1-3-22(4-2)26(24,25)17-7-5-6-16(12-17)20-13-18(23)21-15-10-8-14(19)9-11-15/h5-12,20H,3-4,13H2,1-2H3,(H,21,23). The van der Waals surface area contributed by atoms with E-state index < -0.39 is 10.0 Å². The van der Waals surface area contributed by atoms with Crippen LogP contribution in [-0.4, -0.2) is 38.3 Å². The molecule has 2 aromatic carbocycles. The molecular weight excluding hydrogens is 357 g/mol. The van der Waals surface area contributed by atoms with Crippen LogP contribution in [0.3, 0.4) is 0 Å². The Bertz CT molecular complexity index is 850. The number of benzene rings is 2. The summed E-state index contributed by atoms with van der Waals surface area (Å²) >= 11 is 0. The van der Waals surface area contributed by atoms with E-state index >= 15 is 0 Å². The quantitative estimate of drug-likeness (QED) is 0.739. The number of rotatable bonds is 8. The SMILES string of the molecule is CCN(CC)S(=O)(=O)c1cccc(NCC(=O)Nc2ccc(F)cc2)c1. The molecule has 0 aliphatic heterocycles. The maximum Gasteiger partial charge on any atom is 0.243 e. The van der Waals surface area contributed by atoms with Crippen LogP contribution in [0.5, 0.6) is 0 Å². The molecule has 140 valence electrons. The van der Waals surface area contributed by atoms with Gasteiger partial charge in [-0.25, -0.2) is 12.8 Å². The third kappa shape index (κ3) is 5.03. The van der Waals surface area contributed by atoms with Crippen molar-refractivity contribution in [1.82, 2.24) is 4.31 Å². The lowest BCUT2D eigenvalue weighted by Gasteiger charge is -2.19. The number of anilines is 2. The third-order valence-corrected chi connectivity index (χ3v) is 5.80. The van der Waals surface area contributed by atoms with Crippen LogP contribution in [0.4, 0.5) is 15.8 Å². The van der Waals surface area contributed by atoms with Gasteiger partial charge in [0.25, 0.3) is 0 Å². The highest BCUT2D eigenvalue weighted by molar-refractivity contribution is 7.89. The zero-order chi connectivity index (χ0) is 19.2. The Kier molecular flexibility index (Phi) is 6.70. The van der Waals surface area contributed by atoms with Crippen LogP contribution < -0.4 is 10.6 Å². The number of sulfonamides is 1. The maximum absolute atomic E-state index is 12.9. The zero-order valence-electron chi connectivity index (χ0n) is 14.7. The van der Waals surface area contributed by atoms with Gasteiger partial charge in [0.05, 0.1) is 11.4 Å². The summed E-state index contributed by atoms with van der Waals surface area (Å²) in [5.41, 5.74) is 1.00. The van der Waals surface area contributed by atoms with E-state index in [1.165, 1.54) is 40.7 Å². The normalized spacial score (nSPS) is 11.4. The molecule has 26 heavy (non-hydrogen) atoms. The van der Waals surface area contributed by atoms with Crippen molar-refractivity contribution >= 4 is 27.3 Å². The van der Waals surface area contributed by atoms with Crippen LogP contribution >= 0.6 is 0 Å². The number of nitrogens with zero attached hydrogens (tertiary/aromatic N) is 1. The van der Waals surface area contributed by atoms with E-state index in [0.29, 0.717) is 24.5 Å². The average Bonchev–Trinajstić information content (AvgIpc) is 2.63. The van der Waals surface area contributed by atoms with Crippen LogP contribution in [-0.2, 0) is 14.8 Å². The molecule has 0 saturated carbocycles. The molecule has 0 fully saturated rings. The summed E-state index contributed by atoms with van der Waals surface area (Å²) in [5, 5.41) is 5.52. The molecule has 0 aliphatic carbocycles. The lowest BCUT2D eigenvalue weighted by Crippen LogP contribution is -2.30. The zero-order valence-corrected chi connectivity index (χ0v) is 15.5. The van der Waals surface area contributed by atoms with Crippen molar-refractivity contribution < 1.29 is 17.6 Å². The fraction of sp³-hybridized carbons (Fsp3) is 0.278. The molecule has 1 amide bonds. The third-order valence-electron chi connectivity index (χ3n) is 3.76. The largest absolute Gasteiger partial charge is 0.376 e. The Morgan fingerprint density at radius 2 is 1.69 bits per heavy atom. The molecule has 0 aliphatic rings. The van der Waals surface area contributed by atoms with Gasteiger partial charge in [0.1, 0.15) is 5.82 Å². The predicted molar refractivity (Wildman–Crippen MR) is 100 cm³/mol. The van der Waals surface area contributed by atoms with Gasteiger partial charge < -0.3 is 10.6 Å². The topological polar surface area (TPSA) is 78.5 Å². The summed E-state index contributed by atoms with van der Waals surface area (Å²) in [5.74, 6) is -0.707. The molecule has 0 atom stereocenters. The van der Waals surface area contributed by atoms with Crippen LogP contribution in [0.2, 0.25) is 0 Å². The summed E-state index contributed by atoms with van der Waals surface area (Å²) < 4.78 is 39.3. The van der Waals surface area contributed by atoms with E-state index in [-0.39, 0.29) is 23.2 Å². The minimum atomic E-state index is -3.56. The molecule has 0 spiro atoms. The van der Waals surface area contributed by atoms with Crippen LogP contribution in [0, 0.1) is 5.82 Å². The van der Waals surface area contributed by atoms with Crippen LogP contribution in [0.1, 0.15) is 13.8 Å². The van der Waals surface area contributed by atoms with Crippen molar-refractivity contribution in [2.45, 2.75) is 18.7 Å². The molecule has 6 nitrogen and oxygen atoms in total. The number of amides is 1. The first kappa shape index (κ1) is 19.9. The van der Waals surface area contributed by atoms with E-state index in [1.807, 2.05) is 0 Å². The van der Waals surface area contributed by atoms with Crippen molar-refractivity contribution in [3.05, 3.63) is 54.3 Å². The Morgan fingerprint density at radius 3 is 2.31 bits per heavy atom. The highest BCUT2D eigenvalue weighted by Gasteiger charge is 2.21. The van der Waals surface area contributed by atoms with Crippen molar-refractivity contribution in [3.8, 4) is 0 Å². The van der Waals surface area contributed by atoms with Crippen molar-refractivity contribution in [3.63, 3.8) is 0 Å². The summed E-state index contributed by atoms with van der Waals surface area (Å²) in [7, 11) is -3.56. The molecule has 0 bridgehead atoms. The van der Waals surface area contributed by atoms with Crippen molar-refractivity contribution in [1.29, 1.82) is 0 Å². The second kappa shape index (κ2) is 8.77. The number of nitrogens with one attached hydrogen (secondary N) is 2. The smallest absolute Gasteiger partial charge is 0.243 e. The fourth-order valence-corrected chi connectivity index (χ4v) is 3.90. The molecule has 2 rings (SSSR count). The molecule has 8 heteroatoms. The Balaban J connectivity index is 2.02. The maximum atomic E-state index is 12.9. The first-order valence-electron chi connectivity index (χ1n) is 8.26. The van der Waals surface area contributed by atoms with Gasteiger partial charge in [0, 0.05) is 24.5 Å². The molecule has 0 aromatic heterocycles. The minimum Gasteiger partial charge on any atom is -0.376 e. The van der Waals surface area contributed by atoms with E-state index in [2.05, 4.69) is 10.6 Å². The number of halogens is 1. The number of carbonyl (C=O) groups excluding carboxylic acids is 1. The molecule has 0 radical (unpaired) electrons. The van der Waals surface area contributed by atoms with E-state index in [1.54, 1.807) is 26.0 Å². The lowest BCUT2D eigenvalue weighted by molar-refractivity contribution is -0.114. The minimum absolute atomic E-state index is 0.0495. The first-order valence-corrected chi connectivity index (χ1v) is 9.70. The highest BCUT2D eigenvalue weighted by Crippen LogP contribution is 2.19. The molecule has 2 aromatic rings. The van der Waals surface area contributed by atoms with Gasteiger partial charge in [-0.15, -0.1) is 0 Å². The number of hydrogen-bond acceptors (Lipinski definition) is 4. The van der Waals surface area contributed by atoms with Gasteiger partial charge in [0.15, 0.2) is 0 Å². The molecule has 0 saturated heterocycles. The molecule has 0 heterocycles. The summed E-state index contributed by atoms with van der Waals surface area (Å²) in [6, 6.07) is 11.8. The van der Waals surface area contributed by atoms with Gasteiger partial charge in [0.2, 0.25) is 15.9 Å². The predicted octanol–water partition coefficient (Wildman–Crippen LogP) is 2.91. The first-order chi connectivity index (χ1) is 12.4. The fourth-order valence-electron chi connectivity index (χ4n) is 2.40. The van der Waals surface area contributed by atoms with Crippen molar-refractivity contribution in [2.75, 3.05) is 30.3 Å². The molecule has 0 unspecified atom stereocenters. The molecular formula is C18H22FN3O3S. The summed E-state index contributed by atoms with van der Waals surface area (Å²) in [6.07, 6.45) is 0. The second-order valence-electron chi connectivity index (χ2n) is 5.53. The van der Waals surface area contributed by atoms with E-state index in [0.717, 1.165) is 0 Å². The Morgan fingerprint density at radius 1 is 1.04 bits per heavy atom. The van der Waals surface area contributed by atoms with Gasteiger partial charge in [-0.2, -0.15) is 4.31 Å². The number of carbonyl (C=O) groups is 1. The van der Waals surface area contributed by atoms with Gasteiger partial charge in [-0.3, -0.25) is 4.79 Å². The van der Waals surface area contributed by atoms with Crippen LogP contribution in [0.15, 0.2) is 53.4 Å². The Hall–Kier alpha value is -2.45.